The molecule has 0 aromatic heterocycles. The normalized spacial score (nSPS) is 23.7. The van der Waals surface area contributed by atoms with Crippen LogP contribution in [0.15, 0.2) is 24.3 Å². The van der Waals surface area contributed by atoms with E-state index in [1.165, 1.54) is 0 Å². The molecule has 1 heterocycles. The van der Waals surface area contributed by atoms with Crippen LogP contribution in [-0.2, 0) is 9.53 Å². The number of halogens is 1. The summed E-state index contributed by atoms with van der Waals surface area (Å²) in [5.74, 6) is 0.485. The molecule has 6 heteroatoms. The Morgan fingerprint density at radius 1 is 1.48 bits per heavy atom. The van der Waals surface area contributed by atoms with Crippen LogP contribution in [0.1, 0.15) is 13.8 Å². The lowest BCUT2D eigenvalue weighted by molar-refractivity contribution is -0.153. The van der Waals surface area contributed by atoms with Crippen LogP contribution in [0.2, 0.25) is 5.02 Å². The van der Waals surface area contributed by atoms with Crippen molar-refractivity contribution in [2.24, 2.45) is 0 Å². The third-order valence-corrected chi connectivity index (χ3v) is 3.57. The summed E-state index contributed by atoms with van der Waals surface area (Å²) in [6.45, 7) is 4.38. The van der Waals surface area contributed by atoms with Crippen molar-refractivity contribution in [1.29, 1.82) is 0 Å². The molecule has 3 atom stereocenters. The minimum Gasteiger partial charge on any atom is -0.481 e. The molecule has 1 aromatic carbocycles. The molecule has 1 fully saturated rings. The number of nitrogens with zero attached hydrogens (tertiary/aromatic N) is 1. The largest absolute Gasteiger partial charge is 0.481 e. The number of hydrogen-bond donors (Lipinski definition) is 1. The van der Waals surface area contributed by atoms with Crippen LogP contribution in [0, 0.1) is 0 Å². The highest BCUT2D eigenvalue weighted by atomic mass is 35.5. The highest BCUT2D eigenvalue weighted by molar-refractivity contribution is 6.30. The summed E-state index contributed by atoms with van der Waals surface area (Å²) >= 11 is 5.81. The number of carbonyl (C=O) groups is 1. The molecule has 21 heavy (non-hydrogen) atoms. The van der Waals surface area contributed by atoms with E-state index in [9.17, 15) is 9.90 Å². The molecule has 0 spiro atoms. The Kier molecular flexibility index (Phi) is 5.45. The third kappa shape index (κ3) is 4.33. The van der Waals surface area contributed by atoms with Crippen LogP contribution >= 0.6 is 11.6 Å². The zero-order valence-electron chi connectivity index (χ0n) is 12.2. The van der Waals surface area contributed by atoms with Crippen molar-refractivity contribution in [2.75, 3.05) is 19.7 Å². The summed E-state index contributed by atoms with van der Waals surface area (Å²) in [6, 6.07) is 6.88. The van der Waals surface area contributed by atoms with Gasteiger partial charge in [0, 0.05) is 18.1 Å². The maximum absolute atomic E-state index is 12.4. The van der Waals surface area contributed by atoms with Crippen molar-refractivity contribution >= 4 is 17.5 Å². The van der Waals surface area contributed by atoms with E-state index in [2.05, 4.69) is 0 Å². The molecular weight excluding hydrogens is 294 g/mol. The van der Waals surface area contributed by atoms with E-state index >= 15 is 0 Å². The molecule has 1 saturated heterocycles. The summed E-state index contributed by atoms with van der Waals surface area (Å²) in [7, 11) is 0. The van der Waals surface area contributed by atoms with Gasteiger partial charge in [0.15, 0.2) is 6.10 Å². The van der Waals surface area contributed by atoms with E-state index in [0.717, 1.165) is 0 Å². The number of rotatable bonds is 4. The Hall–Kier alpha value is -1.30. The highest BCUT2D eigenvalue weighted by Gasteiger charge is 2.31. The summed E-state index contributed by atoms with van der Waals surface area (Å²) in [5.41, 5.74) is 0. The number of morpholine rings is 1. The van der Waals surface area contributed by atoms with Gasteiger partial charge >= 0.3 is 0 Å². The second-order valence-electron chi connectivity index (χ2n) is 5.21. The predicted molar refractivity (Wildman–Crippen MR) is 79.5 cm³/mol. The van der Waals surface area contributed by atoms with Crippen LogP contribution in [0.4, 0.5) is 0 Å². The summed E-state index contributed by atoms with van der Waals surface area (Å²) in [5, 5.41) is 9.82. The minimum atomic E-state index is -0.601. The van der Waals surface area contributed by atoms with Gasteiger partial charge in [-0.2, -0.15) is 0 Å². The SMILES string of the molecule is CC1CN(C(=O)C(C)Oc2ccc(Cl)cc2)CC(CO)O1. The van der Waals surface area contributed by atoms with E-state index in [-0.39, 0.29) is 24.7 Å². The van der Waals surface area contributed by atoms with Gasteiger partial charge in [0.2, 0.25) is 0 Å². The van der Waals surface area contributed by atoms with Crippen LogP contribution in [0.25, 0.3) is 0 Å². The Morgan fingerprint density at radius 2 is 2.14 bits per heavy atom. The molecule has 0 aliphatic carbocycles. The Balaban J connectivity index is 1.96. The molecule has 1 N–H and O–H groups in total. The molecule has 1 aliphatic heterocycles. The van der Waals surface area contributed by atoms with Gasteiger partial charge in [-0.05, 0) is 38.1 Å². The number of hydrogen-bond acceptors (Lipinski definition) is 4. The maximum atomic E-state index is 12.4. The van der Waals surface area contributed by atoms with Crippen molar-refractivity contribution in [3.8, 4) is 5.75 Å². The lowest BCUT2D eigenvalue weighted by atomic mass is 10.2. The lowest BCUT2D eigenvalue weighted by Crippen LogP contribution is -2.53. The zero-order valence-corrected chi connectivity index (χ0v) is 12.9. The van der Waals surface area contributed by atoms with E-state index < -0.39 is 6.10 Å². The van der Waals surface area contributed by atoms with E-state index in [0.29, 0.717) is 23.9 Å². The van der Waals surface area contributed by atoms with Gasteiger partial charge in [-0.3, -0.25) is 4.79 Å². The monoisotopic (exact) mass is 313 g/mol. The first-order chi connectivity index (χ1) is 9.99. The first-order valence-corrected chi connectivity index (χ1v) is 7.34. The van der Waals surface area contributed by atoms with Gasteiger partial charge in [0.1, 0.15) is 5.75 Å². The Morgan fingerprint density at radius 3 is 2.76 bits per heavy atom. The molecule has 0 radical (unpaired) electrons. The van der Waals surface area contributed by atoms with E-state index in [1.54, 1.807) is 36.1 Å². The van der Waals surface area contributed by atoms with Crippen molar-refractivity contribution in [1.82, 2.24) is 4.90 Å². The number of ether oxygens (including phenoxy) is 2. The van der Waals surface area contributed by atoms with Gasteiger partial charge in [-0.1, -0.05) is 11.6 Å². The topological polar surface area (TPSA) is 59.0 Å². The molecule has 0 bridgehead atoms. The smallest absolute Gasteiger partial charge is 0.263 e. The van der Waals surface area contributed by atoms with Crippen molar-refractivity contribution < 1.29 is 19.4 Å². The standard InChI is InChI=1S/C15H20ClNO4/c1-10-7-17(8-14(9-18)20-10)15(19)11(2)21-13-5-3-12(16)4-6-13/h3-6,10-11,14,18H,7-9H2,1-2H3. The summed E-state index contributed by atoms with van der Waals surface area (Å²) < 4.78 is 11.2. The van der Waals surface area contributed by atoms with Gasteiger partial charge in [-0.15, -0.1) is 0 Å². The molecule has 5 nitrogen and oxygen atoms in total. The lowest BCUT2D eigenvalue weighted by Gasteiger charge is -2.37. The van der Waals surface area contributed by atoms with Crippen LogP contribution < -0.4 is 4.74 Å². The average Bonchev–Trinajstić information content (AvgIpc) is 2.48. The number of aliphatic hydroxyl groups excluding tert-OH is 1. The van der Waals surface area contributed by atoms with Crippen molar-refractivity contribution in [3.05, 3.63) is 29.3 Å². The second kappa shape index (κ2) is 7.11. The first kappa shape index (κ1) is 16.1. The molecule has 1 aromatic rings. The molecule has 1 aliphatic rings. The summed E-state index contributed by atoms with van der Waals surface area (Å²) in [6.07, 6.45) is -1.03. The minimum absolute atomic E-state index is 0.0948. The fraction of sp³-hybridized carbons (Fsp3) is 0.533. The van der Waals surface area contributed by atoms with Gasteiger partial charge in [0.25, 0.3) is 5.91 Å². The fourth-order valence-corrected chi connectivity index (χ4v) is 2.48. The molecular formula is C15H20ClNO4. The average molecular weight is 314 g/mol. The van der Waals surface area contributed by atoms with E-state index in [4.69, 9.17) is 21.1 Å². The predicted octanol–water partition coefficient (Wildman–Crippen LogP) is 1.72. The molecule has 1 amide bonds. The number of aliphatic hydroxyl groups is 1. The highest BCUT2D eigenvalue weighted by Crippen LogP contribution is 2.18. The van der Waals surface area contributed by atoms with Crippen LogP contribution in [-0.4, -0.2) is 53.9 Å². The van der Waals surface area contributed by atoms with Gasteiger partial charge < -0.3 is 19.5 Å². The Bertz CT molecular complexity index is 479. The van der Waals surface area contributed by atoms with Crippen LogP contribution in [0.3, 0.4) is 0 Å². The van der Waals surface area contributed by atoms with Crippen LogP contribution in [0.5, 0.6) is 5.75 Å². The van der Waals surface area contributed by atoms with Gasteiger partial charge in [-0.25, -0.2) is 0 Å². The van der Waals surface area contributed by atoms with Crippen molar-refractivity contribution in [3.63, 3.8) is 0 Å². The molecule has 2 rings (SSSR count). The Labute approximate surface area is 129 Å². The first-order valence-electron chi connectivity index (χ1n) is 6.97. The van der Waals surface area contributed by atoms with Gasteiger partial charge in [0.05, 0.1) is 18.8 Å². The third-order valence-electron chi connectivity index (χ3n) is 3.32. The maximum Gasteiger partial charge on any atom is 0.263 e. The number of carbonyl (C=O) groups excluding carboxylic acids is 1. The zero-order chi connectivity index (χ0) is 15.4. The molecule has 0 saturated carbocycles. The summed E-state index contributed by atoms with van der Waals surface area (Å²) in [4.78, 5) is 14.1. The quantitative estimate of drug-likeness (QED) is 0.919. The number of amides is 1. The van der Waals surface area contributed by atoms with Crippen molar-refractivity contribution in [2.45, 2.75) is 32.2 Å². The number of benzene rings is 1. The fourth-order valence-electron chi connectivity index (χ4n) is 2.35. The molecule has 3 unspecified atom stereocenters. The van der Waals surface area contributed by atoms with E-state index in [1.807, 2.05) is 6.92 Å². The molecule has 116 valence electrons. The second-order valence-corrected chi connectivity index (χ2v) is 5.64.